The van der Waals surface area contributed by atoms with E-state index in [1.165, 1.54) is 46.2 Å². The summed E-state index contributed by atoms with van der Waals surface area (Å²) in [7, 11) is 0. The Labute approximate surface area is 199 Å². The van der Waals surface area contributed by atoms with E-state index in [0.29, 0.717) is 17.8 Å². The molecule has 1 N–H and O–H groups in total. The molecule has 0 radical (unpaired) electrons. The van der Waals surface area contributed by atoms with Gasteiger partial charge in [0.05, 0.1) is 17.7 Å². The van der Waals surface area contributed by atoms with Crippen LogP contribution in [0, 0.1) is 5.82 Å². The lowest BCUT2D eigenvalue weighted by Crippen LogP contribution is -2.41. The first-order chi connectivity index (χ1) is 17.5. The van der Waals surface area contributed by atoms with E-state index in [4.69, 9.17) is 4.42 Å². The van der Waals surface area contributed by atoms with E-state index in [0.717, 1.165) is 5.69 Å². The van der Waals surface area contributed by atoms with Crippen LogP contribution in [0.3, 0.4) is 0 Å². The zero-order valence-electron chi connectivity index (χ0n) is 18.2. The number of ether oxygens (including phenoxy) is 1. The van der Waals surface area contributed by atoms with Gasteiger partial charge in [0, 0.05) is 31.1 Å². The molecule has 0 saturated heterocycles. The van der Waals surface area contributed by atoms with E-state index in [9.17, 15) is 18.0 Å². The van der Waals surface area contributed by atoms with Crippen LogP contribution in [0.25, 0.3) is 17.1 Å². The van der Waals surface area contributed by atoms with E-state index >= 15 is 0 Å². The number of rotatable bonds is 5. The molecule has 0 aromatic carbocycles. The van der Waals surface area contributed by atoms with Crippen molar-refractivity contribution in [3.05, 3.63) is 77.8 Å². The number of alkyl halides is 2. The van der Waals surface area contributed by atoms with E-state index in [-0.39, 0.29) is 35.3 Å². The molecule has 5 aromatic rings. The largest absolute Gasteiger partial charge is 0.433 e. The molecule has 1 atom stereocenters. The molecule has 14 heteroatoms. The third kappa shape index (κ3) is 3.62. The molecule has 0 fully saturated rings. The van der Waals surface area contributed by atoms with E-state index in [1.54, 1.807) is 12.3 Å². The highest BCUT2D eigenvalue weighted by molar-refractivity contribution is 5.90. The first-order valence-corrected chi connectivity index (χ1v) is 10.7. The number of fused-ring (bicyclic) bond motifs is 2. The molecule has 182 valence electrons. The van der Waals surface area contributed by atoms with Crippen LogP contribution in [0.1, 0.15) is 33.8 Å². The third-order valence-corrected chi connectivity index (χ3v) is 5.73. The van der Waals surface area contributed by atoms with Crippen LogP contribution < -0.4 is 4.74 Å². The number of halogens is 3. The standard InChI is InChI=1S/C22H15F3N8O3/c23-11-3-1-6-26-16(11)19-29-30-20(36-19)21(34)32-8-5-12-17(28-10-27-12)18(32)13-9-14-15(35-22(24)25)4-2-7-33(14)31-13/h1-4,6-7,9-10,18,22H,5,8H2,(H,27,28)/t18-/m1/s1. The molecule has 1 amide bonds. The Balaban J connectivity index is 1.40. The number of hydrogen-bond acceptors (Lipinski definition) is 8. The maximum atomic E-state index is 14.1. The number of nitrogens with zero attached hydrogens (tertiary/aromatic N) is 7. The van der Waals surface area contributed by atoms with Gasteiger partial charge in [0.2, 0.25) is 0 Å². The summed E-state index contributed by atoms with van der Waals surface area (Å²) in [6.07, 6.45) is 4.89. The second-order valence-corrected chi connectivity index (χ2v) is 7.81. The van der Waals surface area contributed by atoms with E-state index in [2.05, 4.69) is 35.0 Å². The Morgan fingerprint density at radius 1 is 1.22 bits per heavy atom. The molecule has 6 rings (SSSR count). The average molecular weight is 496 g/mol. The highest BCUT2D eigenvalue weighted by Crippen LogP contribution is 2.35. The highest BCUT2D eigenvalue weighted by atomic mass is 19.3. The Morgan fingerprint density at radius 2 is 2.11 bits per heavy atom. The van der Waals surface area contributed by atoms with Crippen LogP contribution in [0.2, 0.25) is 0 Å². The van der Waals surface area contributed by atoms with Crippen molar-refractivity contribution in [1.29, 1.82) is 0 Å². The quantitative estimate of drug-likeness (QED) is 0.393. The summed E-state index contributed by atoms with van der Waals surface area (Å²) in [4.78, 5) is 26.2. The Bertz CT molecular complexity index is 1580. The van der Waals surface area contributed by atoms with Crippen LogP contribution in [-0.2, 0) is 6.42 Å². The second-order valence-electron chi connectivity index (χ2n) is 7.81. The number of H-pyrrole nitrogens is 1. The minimum atomic E-state index is -3.02. The molecule has 0 bridgehead atoms. The summed E-state index contributed by atoms with van der Waals surface area (Å²) in [5, 5.41) is 12.1. The maximum Gasteiger partial charge on any atom is 0.387 e. The molecular weight excluding hydrogens is 481 g/mol. The summed E-state index contributed by atoms with van der Waals surface area (Å²) in [5.74, 6) is -1.99. The van der Waals surface area contributed by atoms with Gasteiger partial charge in [-0.1, -0.05) is 0 Å². The molecule has 0 spiro atoms. The molecule has 5 aromatic heterocycles. The molecule has 1 aliphatic rings. The Hall–Kier alpha value is -4.75. The molecule has 0 unspecified atom stereocenters. The number of imidazole rings is 1. The van der Waals surface area contributed by atoms with Crippen molar-refractivity contribution in [3.63, 3.8) is 0 Å². The number of hydrogen-bond donors (Lipinski definition) is 1. The van der Waals surface area contributed by atoms with Crippen LogP contribution in [0.4, 0.5) is 13.2 Å². The zero-order chi connectivity index (χ0) is 24.8. The Morgan fingerprint density at radius 3 is 2.94 bits per heavy atom. The molecule has 0 saturated carbocycles. The molecular formula is C22H15F3N8O3. The van der Waals surface area contributed by atoms with Crippen molar-refractivity contribution in [2.24, 2.45) is 0 Å². The number of aromatic amines is 1. The summed E-state index contributed by atoms with van der Waals surface area (Å²) >= 11 is 0. The van der Waals surface area contributed by atoms with E-state index in [1.807, 2.05) is 0 Å². The lowest BCUT2D eigenvalue weighted by atomic mass is 9.99. The average Bonchev–Trinajstić information content (AvgIpc) is 3.62. The monoisotopic (exact) mass is 496 g/mol. The summed E-state index contributed by atoms with van der Waals surface area (Å²) < 4.78 is 51.4. The van der Waals surface area contributed by atoms with Crippen molar-refractivity contribution < 1.29 is 27.1 Å². The summed E-state index contributed by atoms with van der Waals surface area (Å²) in [6.45, 7) is -2.78. The van der Waals surface area contributed by atoms with Crippen LogP contribution in [-0.4, -0.2) is 58.7 Å². The van der Waals surface area contributed by atoms with E-state index < -0.39 is 24.4 Å². The van der Waals surface area contributed by atoms with Gasteiger partial charge >= 0.3 is 18.4 Å². The molecule has 1 aliphatic heterocycles. The number of carbonyl (C=O) groups is 1. The SMILES string of the molecule is O=C(c1nnc(-c2ncccc2F)o1)N1CCc2[nH]cnc2[C@H]1c1cc2c(OC(F)F)cccn2n1. The van der Waals surface area contributed by atoms with Gasteiger partial charge in [-0.2, -0.15) is 13.9 Å². The highest BCUT2D eigenvalue weighted by Gasteiger charge is 2.38. The minimum absolute atomic E-state index is 0.0684. The van der Waals surface area contributed by atoms with Gasteiger partial charge < -0.3 is 19.0 Å². The molecule has 0 aliphatic carbocycles. The van der Waals surface area contributed by atoms with Crippen molar-refractivity contribution in [1.82, 2.24) is 39.7 Å². The maximum absolute atomic E-state index is 14.1. The van der Waals surface area contributed by atoms with Crippen molar-refractivity contribution in [3.8, 4) is 17.3 Å². The zero-order valence-corrected chi connectivity index (χ0v) is 18.2. The van der Waals surface area contributed by atoms with Crippen molar-refractivity contribution in [2.75, 3.05) is 6.54 Å². The fourth-order valence-electron chi connectivity index (χ4n) is 4.20. The second kappa shape index (κ2) is 8.48. The lowest BCUT2D eigenvalue weighted by Gasteiger charge is -2.32. The topological polar surface area (TPSA) is 127 Å². The van der Waals surface area contributed by atoms with Crippen molar-refractivity contribution >= 4 is 11.4 Å². The number of amides is 1. The minimum Gasteiger partial charge on any atom is -0.433 e. The predicted octanol–water partition coefficient (Wildman–Crippen LogP) is 3.03. The molecule has 36 heavy (non-hydrogen) atoms. The van der Waals surface area contributed by atoms with Gasteiger partial charge in [0.15, 0.2) is 17.3 Å². The van der Waals surface area contributed by atoms with Gasteiger partial charge in [-0.3, -0.25) is 4.79 Å². The van der Waals surface area contributed by atoms with Crippen molar-refractivity contribution in [2.45, 2.75) is 19.1 Å². The number of pyridine rings is 2. The number of carbonyl (C=O) groups excluding carboxylic acids is 1. The predicted molar refractivity (Wildman–Crippen MR) is 114 cm³/mol. The third-order valence-electron chi connectivity index (χ3n) is 5.73. The van der Waals surface area contributed by atoms with Gasteiger partial charge in [0.25, 0.3) is 5.89 Å². The number of nitrogens with one attached hydrogen (secondary N) is 1. The Kier molecular flexibility index (Phi) is 5.13. The van der Waals surface area contributed by atoms with Gasteiger partial charge in [-0.05, 0) is 30.3 Å². The molecule has 6 heterocycles. The lowest BCUT2D eigenvalue weighted by molar-refractivity contribution is -0.0490. The number of aromatic nitrogens is 7. The first-order valence-electron chi connectivity index (χ1n) is 10.7. The van der Waals surface area contributed by atoms with Crippen LogP contribution in [0.15, 0.2) is 53.5 Å². The molecule has 11 nitrogen and oxygen atoms in total. The fraction of sp³-hybridized carbons (Fsp3) is 0.182. The van der Waals surface area contributed by atoms with Gasteiger partial charge in [0.1, 0.15) is 11.6 Å². The smallest absolute Gasteiger partial charge is 0.387 e. The fourth-order valence-corrected chi connectivity index (χ4v) is 4.20. The normalized spacial score (nSPS) is 15.4. The summed E-state index contributed by atoms with van der Waals surface area (Å²) in [6, 6.07) is 6.26. The van der Waals surface area contributed by atoms with Gasteiger partial charge in [-0.15, -0.1) is 10.2 Å². The summed E-state index contributed by atoms with van der Waals surface area (Å²) in [5.41, 5.74) is 1.79. The first kappa shape index (κ1) is 21.8. The van der Waals surface area contributed by atoms with Crippen LogP contribution >= 0.6 is 0 Å². The van der Waals surface area contributed by atoms with Crippen LogP contribution in [0.5, 0.6) is 5.75 Å². The van der Waals surface area contributed by atoms with Gasteiger partial charge in [-0.25, -0.2) is 18.9 Å².